The summed E-state index contributed by atoms with van der Waals surface area (Å²) in [6, 6.07) is 20.4. The fraction of sp³-hybridized carbons (Fsp3) is 0.458. The van der Waals surface area contributed by atoms with Gasteiger partial charge >= 0.3 is 5.97 Å². The predicted molar refractivity (Wildman–Crippen MR) is 116 cm³/mol. The second-order valence-corrected chi connectivity index (χ2v) is 12.9. The molecule has 0 aliphatic heterocycles. The van der Waals surface area contributed by atoms with E-state index in [4.69, 9.17) is 5.11 Å². The van der Waals surface area contributed by atoms with Crippen LogP contribution in [0.1, 0.15) is 52.4 Å². The Hall–Kier alpha value is -1.91. The van der Waals surface area contributed by atoms with E-state index in [2.05, 4.69) is 38.1 Å². The van der Waals surface area contributed by atoms with E-state index in [1.165, 1.54) is 0 Å². The monoisotopic (exact) mass is 396 g/mol. The molecule has 0 spiro atoms. The summed E-state index contributed by atoms with van der Waals surface area (Å²) in [6.07, 6.45) is 5.38. The van der Waals surface area contributed by atoms with Gasteiger partial charge in [0, 0.05) is 6.42 Å². The lowest BCUT2D eigenvalue weighted by Crippen LogP contribution is -2.65. The quantitative estimate of drug-likeness (QED) is 0.690. The fourth-order valence-electron chi connectivity index (χ4n) is 5.06. The first kappa shape index (κ1) is 20.8. The van der Waals surface area contributed by atoms with Crippen LogP contribution in [0.15, 0.2) is 60.7 Å². The first-order valence-corrected chi connectivity index (χ1v) is 12.3. The van der Waals surface area contributed by atoms with Gasteiger partial charge in [0.25, 0.3) is 8.32 Å². The van der Waals surface area contributed by atoms with Crippen LogP contribution in [0.5, 0.6) is 0 Å². The molecule has 0 atom stereocenters. The van der Waals surface area contributed by atoms with E-state index in [0.717, 1.165) is 42.5 Å². The van der Waals surface area contributed by atoms with Crippen LogP contribution >= 0.6 is 0 Å². The van der Waals surface area contributed by atoms with Crippen molar-refractivity contribution in [2.75, 3.05) is 0 Å². The van der Waals surface area contributed by atoms with Crippen LogP contribution in [0, 0.1) is 11.8 Å². The highest BCUT2D eigenvalue weighted by molar-refractivity contribution is 6.98. The smallest absolute Gasteiger partial charge is 0.303 e. The average Bonchev–Trinajstić information content (AvgIpc) is 2.69. The molecule has 0 amide bonds. The summed E-state index contributed by atoms with van der Waals surface area (Å²) in [5.41, 5.74) is 0. The molecule has 2 N–H and O–H groups in total. The Morgan fingerprint density at radius 2 is 1.32 bits per heavy atom. The van der Waals surface area contributed by atoms with E-state index in [0.29, 0.717) is 18.3 Å². The number of aliphatic carboxylic acids is 1. The zero-order chi connectivity index (χ0) is 20.2. The first-order valence-electron chi connectivity index (χ1n) is 10.4. The van der Waals surface area contributed by atoms with Gasteiger partial charge in [0.1, 0.15) is 0 Å². The van der Waals surface area contributed by atoms with Crippen molar-refractivity contribution in [3.63, 3.8) is 0 Å². The number of carbonyl (C=O) groups is 1. The van der Waals surface area contributed by atoms with E-state index in [-0.39, 0.29) is 5.04 Å². The summed E-state index contributed by atoms with van der Waals surface area (Å²) < 4.78 is 0. The molecule has 0 heterocycles. The van der Waals surface area contributed by atoms with Gasteiger partial charge in [0.05, 0.1) is 0 Å². The molecule has 1 aliphatic rings. The maximum Gasteiger partial charge on any atom is 0.303 e. The molecule has 2 aromatic rings. The Balaban J connectivity index is 1.83. The number of carboxylic acid groups (broad SMARTS) is 1. The van der Waals surface area contributed by atoms with Crippen LogP contribution in [-0.2, 0) is 4.79 Å². The van der Waals surface area contributed by atoms with E-state index in [1.54, 1.807) is 0 Å². The van der Waals surface area contributed by atoms with Crippen LogP contribution in [0.25, 0.3) is 0 Å². The van der Waals surface area contributed by atoms with Crippen molar-refractivity contribution in [1.82, 2.24) is 0 Å². The molecule has 3 rings (SSSR count). The summed E-state index contributed by atoms with van der Waals surface area (Å²) in [4.78, 5) is 23.2. The van der Waals surface area contributed by atoms with Crippen molar-refractivity contribution in [2.24, 2.45) is 11.8 Å². The lowest BCUT2D eigenvalue weighted by Gasteiger charge is -2.44. The molecule has 0 bridgehead atoms. The Morgan fingerprint density at radius 1 is 0.893 bits per heavy atom. The molecule has 0 unspecified atom stereocenters. The van der Waals surface area contributed by atoms with Gasteiger partial charge in [-0.05, 0) is 46.5 Å². The standard InChI is InChI=1S/C24H32O3Si/c1-24(2,18-20-15-13-19(14-16-20)17-23(25)26)28(27,21-9-5-3-6-10-21)22-11-7-4-8-12-22/h3-12,19-20,27H,13-18H2,1-2H3,(H,25,26)/t19-,20+. The molecule has 3 nitrogen and oxygen atoms in total. The third kappa shape index (κ3) is 4.39. The molecule has 1 fully saturated rings. The molecule has 4 heteroatoms. The summed E-state index contributed by atoms with van der Waals surface area (Å²) >= 11 is 0. The molecular formula is C24H32O3Si. The Bertz CT molecular complexity index is 725. The van der Waals surface area contributed by atoms with Gasteiger partial charge < -0.3 is 9.90 Å². The van der Waals surface area contributed by atoms with Crippen LogP contribution in [-0.4, -0.2) is 24.2 Å². The highest BCUT2D eigenvalue weighted by atomic mass is 28.4. The number of rotatable bonds is 7. The van der Waals surface area contributed by atoms with Crippen LogP contribution in [0.4, 0.5) is 0 Å². The minimum absolute atomic E-state index is 0.222. The van der Waals surface area contributed by atoms with Gasteiger partial charge in [0.2, 0.25) is 0 Å². The Kier molecular flexibility index (Phi) is 6.41. The molecule has 150 valence electrons. The number of benzene rings is 2. The molecule has 0 saturated heterocycles. The number of carboxylic acids is 1. The number of hydrogen-bond acceptors (Lipinski definition) is 2. The van der Waals surface area contributed by atoms with Crippen molar-refractivity contribution in [2.45, 2.75) is 57.4 Å². The Morgan fingerprint density at radius 3 is 1.75 bits per heavy atom. The van der Waals surface area contributed by atoms with Crippen LogP contribution < -0.4 is 10.4 Å². The molecule has 1 saturated carbocycles. The molecular weight excluding hydrogens is 364 g/mol. The topological polar surface area (TPSA) is 57.5 Å². The molecule has 0 radical (unpaired) electrons. The fourth-order valence-corrected chi connectivity index (χ4v) is 8.89. The van der Waals surface area contributed by atoms with Crippen molar-refractivity contribution < 1.29 is 14.7 Å². The lowest BCUT2D eigenvalue weighted by molar-refractivity contribution is -0.138. The zero-order valence-electron chi connectivity index (χ0n) is 17.0. The predicted octanol–water partition coefficient (Wildman–Crippen LogP) is 4.19. The Labute approximate surface area is 169 Å². The highest BCUT2D eigenvalue weighted by Gasteiger charge is 2.50. The van der Waals surface area contributed by atoms with Gasteiger partial charge in [-0.1, -0.05) is 87.4 Å². The molecule has 0 aromatic heterocycles. The third-order valence-electron chi connectivity index (χ3n) is 6.59. The van der Waals surface area contributed by atoms with Crippen molar-refractivity contribution in [3.05, 3.63) is 60.7 Å². The second-order valence-electron chi connectivity index (χ2n) is 9.02. The molecule has 2 aromatic carbocycles. The first-order chi connectivity index (χ1) is 13.3. The summed E-state index contributed by atoms with van der Waals surface area (Å²) in [6.45, 7) is 4.45. The van der Waals surface area contributed by atoms with Gasteiger partial charge in [-0.2, -0.15) is 0 Å². The van der Waals surface area contributed by atoms with Crippen molar-refractivity contribution >= 4 is 24.7 Å². The minimum Gasteiger partial charge on any atom is -0.481 e. The van der Waals surface area contributed by atoms with Crippen LogP contribution in [0.3, 0.4) is 0 Å². The van der Waals surface area contributed by atoms with E-state index in [9.17, 15) is 9.59 Å². The SMILES string of the molecule is CC(C)(C[C@H]1CC[C@@H](CC(=O)O)CC1)[Si](O)(c1ccccc1)c1ccccc1. The number of hydrogen-bond donors (Lipinski definition) is 2. The summed E-state index contributed by atoms with van der Waals surface area (Å²) in [7, 11) is -2.95. The lowest BCUT2D eigenvalue weighted by atomic mass is 9.77. The largest absolute Gasteiger partial charge is 0.481 e. The second kappa shape index (κ2) is 8.62. The van der Waals surface area contributed by atoms with Gasteiger partial charge in [-0.3, -0.25) is 4.79 Å². The summed E-state index contributed by atoms with van der Waals surface area (Å²) in [5, 5.41) is 10.9. The average molecular weight is 397 g/mol. The molecule has 28 heavy (non-hydrogen) atoms. The minimum atomic E-state index is -2.95. The van der Waals surface area contributed by atoms with Crippen LogP contribution in [0.2, 0.25) is 5.04 Å². The molecule has 1 aliphatic carbocycles. The van der Waals surface area contributed by atoms with Gasteiger partial charge in [-0.25, -0.2) is 0 Å². The van der Waals surface area contributed by atoms with E-state index in [1.807, 2.05) is 36.4 Å². The highest BCUT2D eigenvalue weighted by Crippen LogP contribution is 2.45. The van der Waals surface area contributed by atoms with E-state index >= 15 is 0 Å². The van der Waals surface area contributed by atoms with E-state index < -0.39 is 14.3 Å². The third-order valence-corrected chi connectivity index (χ3v) is 11.1. The van der Waals surface area contributed by atoms with Gasteiger partial charge in [0.15, 0.2) is 0 Å². The maximum atomic E-state index is 12.2. The van der Waals surface area contributed by atoms with Crippen molar-refractivity contribution in [1.29, 1.82) is 0 Å². The maximum absolute atomic E-state index is 12.2. The van der Waals surface area contributed by atoms with Gasteiger partial charge in [-0.15, -0.1) is 0 Å². The van der Waals surface area contributed by atoms with Crippen molar-refractivity contribution in [3.8, 4) is 0 Å². The normalized spacial score (nSPS) is 20.7. The summed E-state index contributed by atoms with van der Waals surface area (Å²) in [5.74, 6) is 0.182. The zero-order valence-corrected chi connectivity index (χ0v) is 18.0.